The molecule has 0 unspecified atom stereocenters. The second-order valence-corrected chi connectivity index (χ2v) is 8.46. The molecule has 4 heterocycles. The third-order valence-corrected chi connectivity index (χ3v) is 6.11. The van der Waals surface area contributed by atoms with Gasteiger partial charge >= 0.3 is 0 Å². The molecule has 164 valence electrons. The molecule has 0 aromatic carbocycles. The zero-order valence-corrected chi connectivity index (χ0v) is 18.8. The van der Waals surface area contributed by atoms with Crippen molar-refractivity contribution in [3.05, 3.63) is 34.3 Å². The Labute approximate surface area is 182 Å². The van der Waals surface area contributed by atoms with E-state index in [-0.39, 0.29) is 11.8 Å². The van der Waals surface area contributed by atoms with Gasteiger partial charge < -0.3 is 10.2 Å². The molecule has 0 atom stereocenters. The van der Waals surface area contributed by atoms with Gasteiger partial charge in [-0.05, 0) is 64.2 Å². The Morgan fingerprint density at radius 3 is 2.74 bits per heavy atom. The van der Waals surface area contributed by atoms with E-state index in [2.05, 4.69) is 22.3 Å². The molecule has 0 saturated carbocycles. The Kier molecular flexibility index (Phi) is 5.89. The van der Waals surface area contributed by atoms with Crippen LogP contribution in [0.4, 0.5) is 0 Å². The zero-order chi connectivity index (χ0) is 22.1. The first-order chi connectivity index (χ1) is 14.8. The van der Waals surface area contributed by atoms with Crippen LogP contribution in [-0.2, 0) is 16.0 Å². The summed E-state index contributed by atoms with van der Waals surface area (Å²) >= 11 is 0. The average molecular weight is 423 g/mol. The lowest BCUT2D eigenvalue weighted by molar-refractivity contribution is -0.127. The molecule has 3 aromatic rings. The van der Waals surface area contributed by atoms with Crippen LogP contribution in [-0.4, -0.2) is 55.9 Å². The minimum Gasteiger partial charge on any atom is -0.356 e. The summed E-state index contributed by atoms with van der Waals surface area (Å²) in [6.07, 6.45) is 3.40. The van der Waals surface area contributed by atoms with Gasteiger partial charge in [-0.3, -0.25) is 9.59 Å². The van der Waals surface area contributed by atoms with E-state index in [1.54, 1.807) is 0 Å². The first-order valence-electron chi connectivity index (χ1n) is 11.0. The van der Waals surface area contributed by atoms with Crippen LogP contribution < -0.4 is 5.32 Å². The number of nitrogens with zero attached hydrogens (tertiary/aromatic N) is 5. The molecule has 0 radical (unpaired) electrons. The highest BCUT2D eigenvalue weighted by Gasteiger charge is 2.19. The van der Waals surface area contributed by atoms with E-state index in [1.165, 1.54) is 0 Å². The molecule has 0 bridgehead atoms. The van der Waals surface area contributed by atoms with Crippen LogP contribution in [0.25, 0.3) is 16.7 Å². The number of pyridine rings is 1. The van der Waals surface area contributed by atoms with Gasteiger partial charge in [-0.1, -0.05) is 0 Å². The number of hydrogen-bond donors (Lipinski definition) is 1. The quantitative estimate of drug-likeness (QED) is 0.591. The van der Waals surface area contributed by atoms with Crippen molar-refractivity contribution in [2.24, 2.45) is 0 Å². The van der Waals surface area contributed by atoms with Crippen LogP contribution in [0, 0.1) is 27.7 Å². The maximum Gasteiger partial charge on any atom is 0.222 e. The lowest BCUT2D eigenvalue weighted by Gasteiger charge is -2.15. The van der Waals surface area contributed by atoms with Crippen LogP contribution in [0.3, 0.4) is 0 Å². The molecule has 31 heavy (non-hydrogen) atoms. The van der Waals surface area contributed by atoms with E-state index in [4.69, 9.17) is 4.98 Å². The highest BCUT2D eigenvalue weighted by atomic mass is 16.2. The van der Waals surface area contributed by atoms with E-state index < -0.39 is 0 Å². The number of aryl methyl sites for hydroxylation is 4. The molecule has 0 spiro atoms. The van der Waals surface area contributed by atoms with Crippen LogP contribution >= 0.6 is 0 Å². The topological polar surface area (TPSA) is 92.5 Å². The number of fused-ring (bicyclic) bond motifs is 3. The van der Waals surface area contributed by atoms with E-state index in [0.717, 1.165) is 65.2 Å². The largest absolute Gasteiger partial charge is 0.356 e. The monoisotopic (exact) mass is 422 g/mol. The molecule has 2 amide bonds. The van der Waals surface area contributed by atoms with Crippen molar-refractivity contribution in [1.29, 1.82) is 0 Å². The van der Waals surface area contributed by atoms with Gasteiger partial charge in [0.2, 0.25) is 11.8 Å². The molecule has 1 N–H and O–H groups in total. The van der Waals surface area contributed by atoms with Gasteiger partial charge in [0.05, 0.1) is 5.39 Å². The summed E-state index contributed by atoms with van der Waals surface area (Å²) in [4.78, 5) is 35.2. The fraction of sp³-hybridized carbons (Fsp3) is 0.522. The van der Waals surface area contributed by atoms with Crippen molar-refractivity contribution in [1.82, 2.24) is 29.8 Å². The van der Waals surface area contributed by atoms with Gasteiger partial charge in [-0.2, -0.15) is 0 Å². The van der Waals surface area contributed by atoms with Gasteiger partial charge in [0.15, 0.2) is 11.3 Å². The Bertz CT molecular complexity index is 1170. The molecule has 1 fully saturated rings. The molecule has 8 heteroatoms. The predicted molar refractivity (Wildman–Crippen MR) is 119 cm³/mol. The molecule has 1 saturated heterocycles. The maximum absolute atomic E-state index is 12.3. The Hall–Kier alpha value is -3.03. The standard InChI is InChI=1S/C23H30N6O2/c1-14-13-15(2)25-22-21(14)23-26-16(3)18(17(4)29(23)27-22)8-9-19(30)24-10-6-12-28-11-5-7-20(28)31/h13H,5-12H2,1-4H3,(H,24,30). The number of likely N-dealkylation sites (tertiary alicyclic amines) is 1. The van der Waals surface area contributed by atoms with Crippen molar-refractivity contribution < 1.29 is 9.59 Å². The molecule has 1 aliphatic rings. The normalized spacial score (nSPS) is 14.2. The number of carbonyl (C=O) groups is 2. The molecular formula is C23H30N6O2. The maximum atomic E-state index is 12.3. The summed E-state index contributed by atoms with van der Waals surface area (Å²) in [6.45, 7) is 10.2. The van der Waals surface area contributed by atoms with Crippen molar-refractivity contribution in [3.63, 3.8) is 0 Å². The SMILES string of the molecule is Cc1cc(C)c2c(n1)nn1c(C)c(CCC(=O)NCCCN3CCCC3=O)c(C)nc21. The molecule has 0 aliphatic carbocycles. The number of aromatic nitrogens is 4. The summed E-state index contributed by atoms with van der Waals surface area (Å²) in [7, 11) is 0. The lowest BCUT2D eigenvalue weighted by Crippen LogP contribution is -2.30. The average Bonchev–Trinajstić information content (AvgIpc) is 3.28. The number of hydrogen-bond acceptors (Lipinski definition) is 5. The molecule has 8 nitrogen and oxygen atoms in total. The Morgan fingerprint density at radius 1 is 1.19 bits per heavy atom. The highest BCUT2D eigenvalue weighted by Crippen LogP contribution is 2.25. The summed E-state index contributed by atoms with van der Waals surface area (Å²) in [6, 6.07) is 2.05. The van der Waals surface area contributed by atoms with Gasteiger partial charge in [-0.25, -0.2) is 14.5 Å². The molecule has 1 aliphatic heterocycles. The van der Waals surface area contributed by atoms with Gasteiger partial charge in [0, 0.05) is 49.6 Å². The van der Waals surface area contributed by atoms with E-state index in [9.17, 15) is 9.59 Å². The summed E-state index contributed by atoms with van der Waals surface area (Å²) in [5, 5.41) is 8.64. The van der Waals surface area contributed by atoms with Crippen LogP contribution in [0.1, 0.15) is 53.9 Å². The number of carbonyl (C=O) groups excluding carboxylic acids is 2. The highest BCUT2D eigenvalue weighted by molar-refractivity contribution is 5.93. The summed E-state index contributed by atoms with van der Waals surface area (Å²) < 4.78 is 1.86. The van der Waals surface area contributed by atoms with Crippen LogP contribution in [0.5, 0.6) is 0 Å². The molecule has 4 rings (SSSR count). The second-order valence-electron chi connectivity index (χ2n) is 8.46. The third-order valence-electron chi connectivity index (χ3n) is 6.11. The Balaban J connectivity index is 1.41. The molecule has 3 aromatic heterocycles. The fourth-order valence-electron chi connectivity index (χ4n) is 4.49. The minimum absolute atomic E-state index is 0.0189. The number of amides is 2. The van der Waals surface area contributed by atoms with Gasteiger partial charge in [-0.15, -0.1) is 5.10 Å². The number of rotatable bonds is 7. The van der Waals surface area contributed by atoms with Crippen molar-refractivity contribution in [2.75, 3.05) is 19.6 Å². The third kappa shape index (κ3) is 4.24. The summed E-state index contributed by atoms with van der Waals surface area (Å²) in [5.41, 5.74) is 6.55. The van der Waals surface area contributed by atoms with E-state index in [1.807, 2.05) is 36.3 Å². The predicted octanol–water partition coefficient (Wildman–Crippen LogP) is 2.57. The number of nitrogens with one attached hydrogen (secondary N) is 1. The van der Waals surface area contributed by atoms with Crippen LogP contribution in [0.2, 0.25) is 0 Å². The Morgan fingerprint density at radius 2 is 2.00 bits per heavy atom. The smallest absolute Gasteiger partial charge is 0.222 e. The van der Waals surface area contributed by atoms with E-state index >= 15 is 0 Å². The van der Waals surface area contributed by atoms with E-state index in [0.29, 0.717) is 31.5 Å². The first-order valence-corrected chi connectivity index (χ1v) is 11.0. The summed E-state index contributed by atoms with van der Waals surface area (Å²) in [5.74, 6) is 0.248. The second kappa shape index (κ2) is 8.61. The van der Waals surface area contributed by atoms with Crippen LogP contribution in [0.15, 0.2) is 6.07 Å². The fourth-order valence-corrected chi connectivity index (χ4v) is 4.49. The molecular weight excluding hydrogens is 392 g/mol. The van der Waals surface area contributed by atoms with Crippen molar-refractivity contribution >= 4 is 28.5 Å². The van der Waals surface area contributed by atoms with Gasteiger partial charge in [0.25, 0.3) is 0 Å². The lowest BCUT2D eigenvalue weighted by atomic mass is 10.1. The van der Waals surface area contributed by atoms with Crippen molar-refractivity contribution in [2.45, 2.75) is 59.8 Å². The zero-order valence-electron chi connectivity index (χ0n) is 18.8. The van der Waals surface area contributed by atoms with Gasteiger partial charge in [0.1, 0.15) is 0 Å². The first kappa shape index (κ1) is 21.2. The van der Waals surface area contributed by atoms with Crippen molar-refractivity contribution in [3.8, 4) is 0 Å². The minimum atomic E-state index is 0.0189.